The average Bonchev–Trinajstić information content (AvgIpc) is 2.29. The fourth-order valence-corrected chi connectivity index (χ4v) is 2.29. The largest absolute Gasteiger partial charge is 0.335 e. The van der Waals surface area contributed by atoms with Gasteiger partial charge in [-0.05, 0) is 5.92 Å². The van der Waals surface area contributed by atoms with Crippen molar-refractivity contribution in [2.75, 3.05) is 0 Å². The molecule has 1 unspecified atom stereocenters. The topological polar surface area (TPSA) is 49.4 Å². The molecular weight excluding hydrogens is 283 g/mol. The number of hydrogen-bond acceptors (Lipinski definition) is 3. The Balaban J connectivity index is 2.76. The molecule has 0 aromatic rings. The second kappa shape index (κ2) is 4.57. The van der Waals surface area contributed by atoms with Crippen molar-refractivity contribution >= 4 is 58.7 Å². The van der Waals surface area contributed by atoms with Crippen molar-refractivity contribution in [1.29, 1.82) is 0 Å². The Kier molecular flexibility index (Phi) is 4.03. The van der Waals surface area contributed by atoms with E-state index < -0.39 is 15.2 Å². The van der Waals surface area contributed by atoms with E-state index in [0.717, 1.165) is 4.31 Å². The molecule has 8 heteroatoms. The molecule has 1 saturated heterocycles. The van der Waals surface area contributed by atoms with Gasteiger partial charge >= 0.3 is 6.03 Å². The first kappa shape index (κ1) is 13.2. The first-order valence-corrected chi connectivity index (χ1v) is 6.03. The number of nitrogens with zero attached hydrogens (tertiary/aromatic N) is 1. The standard InChI is InChI=1S/C7H9Cl3N2O2S/c1-3(2)4-5(13)12(6(14)11-4)15-7(8,9)10/h3-4H,1-2H3,(H,11,14). The van der Waals surface area contributed by atoms with Gasteiger partial charge in [0.05, 0.1) is 0 Å². The van der Waals surface area contributed by atoms with E-state index in [1.807, 2.05) is 13.8 Å². The minimum atomic E-state index is -1.72. The molecule has 0 aromatic carbocycles. The van der Waals surface area contributed by atoms with Crippen LogP contribution in [0.3, 0.4) is 0 Å². The van der Waals surface area contributed by atoms with Crippen LogP contribution in [-0.4, -0.2) is 25.4 Å². The molecule has 0 saturated carbocycles. The highest BCUT2D eigenvalue weighted by molar-refractivity contribution is 8.03. The number of rotatable bonds is 2. The summed E-state index contributed by atoms with van der Waals surface area (Å²) in [7, 11) is 0. The number of imide groups is 1. The third kappa shape index (κ3) is 3.31. The van der Waals surface area contributed by atoms with Crippen LogP contribution in [0.25, 0.3) is 0 Å². The number of carbonyl (C=O) groups is 2. The fraction of sp³-hybridized carbons (Fsp3) is 0.714. The number of hydrogen-bond donors (Lipinski definition) is 1. The Hall–Kier alpha value is 0.160. The Bertz CT molecular complexity index is 292. The van der Waals surface area contributed by atoms with E-state index in [4.69, 9.17) is 34.8 Å². The minimum Gasteiger partial charge on any atom is -0.325 e. The highest BCUT2D eigenvalue weighted by atomic mass is 35.6. The molecule has 1 fully saturated rings. The summed E-state index contributed by atoms with van der Waals surface area (Å²) in [5.41, 5.74) is 0. The summed E-state index contributed by atoms with van der Waals surface area (Å²) in [5, 5.41) is 2.52. The summed E-state index contributed by atoms with van der Waals surface area (Å²) >= 11 is 17.0. The molecule has 1 rings (SSSR count). The van der Waals surface area contributed by atoms with Gasteiger partial charge in [0.15, 0.2) is 0 Å². The normalized spacial score (nSPS) is 22.5. The van der Waals surface area contributed by atoms with E-state index in [2.05, 4.69) is 5.32 Å². The Morgan fingerprint density at radius 1 is 1.40 bits per heavy atom. The van der Waals surface area contributed by atoms with E-state index >= 15 is 0 Å². The zero-order chi connectivity index (χ0) is 11.8. The second-order valence-electron chi connectivity index (χ2n) is 3.34. The van der Waals surface area contributed by atoms with Crippen LogP contribution in [-0.2, 0) is 4.79 Å². The molecule has 1 N–H and O–H groups in total. The van der Waals surface area contributed by atoms with Crippen LogP contribution in [0.4, 0.5) is 4.79 Å². The third-order valence-corrected chi connectivity index (χ3v) is 3.15. The van der Waals surface area contributed by atoms with Crippen molar-refractivity contribution in [3.05, 3.63) is 0 Å². The highest BCUT2D eigenvalue weighted by Gasteiger charge is 2.43. The SMILES string of the molecule is CC(C)C1NC(=O)N(SC(Cl)(Cl)Cl)C1=O. The van der Waals surface area contributed by atoms with Gasteiger partial charge in [-0.2, -0.15) is 4.31 Å². The molecule has 1 aliphatic rings. The first-order chi connectivity index (χ1) is 6.72. The van der Waals surface area contributed by atoms with Crippen LogP contribution in [0.2, 0.25) is 0 Å². The molecule has 0 spiro atoms. The van der Waals surface area contributed by atoms with Crippen LogP contribution in [0.15, 0.2) is 0 Å². The fourth-order valence-electron chi connectivity index (χ4n) is 1.12. The van der Waals surface area contributed by atoms with E-state index in [1.54, 1.807) is 0 Å². The molecule has 1 atom stereocenters. The van der Waals surface area contributed by atoms with Crippen molar-refractivity contribution in [3.8, 4) is 0 Å². The Morgan fingerprint density at radius 2 is 1.93 bits per heavy atom. The van der Waals surface area contributed by atoms with Crippen LogP contribution in [0.1, 0.15) is 13.8 Å². The molecule has 0 radical (unpaired) electrons. The van der Waals surface area contributed by atoms with Crippen LogP contribution >= 0.6 is 46.8 Å². The Labute approximate surface area is 107 Å². The van der Waals surface area contributed by atoms with Crippen LogP contribution in [0.5, 0.6) is 0 Å². The van der Waals surface area contributed by atoms with Crippen molar-refractivity contribution < 1.29 is 9.59 Å². The van der Waals surface area contributed by atoms with Crippen LogP contribution in [0, 0.1) is 5.92 Å². The van der Waals surface area contributed by atoms with Gasteiger partial charge in [-0.25, -0.2) is 4.79 Å². The molecule has 0 aromatic heterocycles. The lowest BCUT2D eigenvalue weighted by Crippen LogP contribution is -2.34. The summed E-state index contributed by atoms with van der Waals surface area (Å²) in [6.07, 6.45) is 0. The van der Waals surface area contributed by atoms with Gasteiger partial charge in [0.25, 0.3) is 9.03 Å². The zero-order valence-electron chi connectivity index (χ0n) is 7.96. The van der Waals surface area contributed by atoms with E-state index in [1.165, 1.54) is 0 Å². The maximum absolute atomic E-state index is 11.7. The number of alkyl halides is 3. The smallest absolute Gasteiger partial charge is 0.325 e. The predicted molar refractivity (Wildman–Crippen MR) is 61.9 cm³/mol. The van der Waals surface area contributed by atoms with Crippen molar-refractivity contribution in [2.45, 2.75) is 23.0 Å². The third-order valence-electron chi connectivity index (χ3n) is 1.79. The van der Waals surface area contributed by atoms with Gasteiger partial charge in [0.2, 0.25) is 0 Å². The van der Waals surface area contributed by atoms with Crippen molar-refractivity contribution in [1.82, 2.24) is 9.62 Å². The lowest BCUT2D eigenvalue weighted by molar-refractivity contribution is -0.124. The lowest BCUT2D eigenvalue weighted by Gasteiger charge is -2.17. The van der Waals surface area contributed by atoms with Gasteiger partial charge in [0.1, 0.15) is 6.04 Å². The number of nitrogens with one attached hydrogen (secondary N) is 1. The molecule has 3 amide bonds. The molecule has 86 valence electrons. The quantitative estimate of drug-likeness (QED) is 0.483. The average molecular weight is 292 g/mol. The summed E-state index contributed by atoms with van der Waals surface area (Å²) in [6, 6.07) is -1.09. The molecule has 4 nitrogen and oxygen atoms in total. The summed E-state index contributed by atoms with van der Waals surface area (Å²) in [5.74, 6) is -0.381. The molecule has 0 aliphatic carbocycles. The van der Waals surface area contributed by atoms with Crippen LogP contribution < -0.4 is 5.32 Å². The van der Waals surface area contributed by atoms with E-state index in [-0.39, 0.29) is 11.8 Å². The summed E-state index contributed by atoms with van der Waals surface area (Å²) in [6.45, 7) is 3.65. The number of urea groups is 1. The second-order valence-corrected chi connectivity index (χ2v) is 7.45. The van der Waals surface area contributed by atoms with Gasteiger partial charge in [-0.15, -0.1) is 0 Å². The van der Waals surface area contributed by atoms with Gasteiger partial charge < -0.3 is 5.32 Å². The van der Waals surface area contributed by atoms with Gasteiger partial charge in [-0.3, -0.25) is 4.79 Å². The maximum atomic E-state index is 11.7. The Morgan fingerprint density at radius 3 is 2.27 bits per heavy atom. The van der Waals surface area contributed by atoms with Crippen molar-refractivity contribution in [2.24, 2.45) is 5.92 Å². The zero-order valence-corrected chi connectivity index (χ0v) is 11.0. The van der Waals surface area contributed by atoms with E-state index in [0.29, 0.717) is 11.9 Å². The minimum absolute atomic E-state index is 0.00225. The molecule has 1 heterocycles. The van der Waals surface area contributed by atoms with Crippen molar-refractivity contribution in [3.63, 3.8) is 0 Å². The van der Waals surface area contributed by atoms with E-state index in [9.17, 15) is 9.59 Å². The number of carbonyl (C=O) groups excluding carboxylic acids is 2. The summed E-state index contributed by atoms with van der Waals surface area (Å²) < 4.78 is -0.878. The number of amides is 3. The molecule has 0 bridgehead atoms. The molecule has 15 heavy (non-hydrogen) atoms. The number of halogens is 3. The van der Waals surface area contributed by atoms with Gasteiger partial charge in [0, 0.05) is 11.9 Å². The highest BCUT2D eigenvalue weighted by Crippen LogP contribution is 2.42. The molecule has 1 aliphatic heterocycles. The maximum Gasteiger partial charge on any atom is 0.335 e. The first-order valence-electron chi connectivity index (χ1n) is 4.12. The molecular formula is C7H9Cl3N2O2S. The van der Waals surface area contributed by atoms with Gasteiger partial charge in [-0.1, -0.05) is 48.7 Å². The monoisotopic (exact) mass is 290 g/mol. The lowest BCUT2D eigenvalue weighted by atomic mass is 10.1. The summed E-state index contributed by atoms with van der Waals surface area (Å²) in [4.78, 5) is 23.1. The predicted octanol–water partition coefficient (Wildman–Crippen LogP) is 2.54.